The normalized spacial score (nSPS) is 17.4. The zero-order valence-corrected chi connectivity index (χ0v) is 8.90. The Morgan fingerprint density at radius 1 is 1.40 bits per heavy atom. The van der Waals surface area contributed by atoms with Gasteiger partial charge in [0.25, 0.3) is 5.88 Å². The standard InChI is InChI=1S/C11H16N2O2/c1-14-11-10(3-2-6-13-11)15-9-4-7-12-8-5-9/h2-3,6,9,12H,4-5,7-8H2,1H3. The van der Waals surface area contributed by atoms with Crippen molar-refractivity contribution in [1.29, 1.82) is 0 Å². The molecule has 0 atom stereocenters. The minimum Gasteiger partial charge on any atom is -0.485 e. The van der Waals surface area contributed by atoms with Crippen molar-refractivity contribution in [3.63, 3.8) is 0 Å². The highest BCUT2D eigenvalue weighted by atomic mass is 16.5. The molecule has 2 heterocycles. The van der Waals surface area contributed by atoms with Crippen molar-refractivity contribution < 1.29 is 9.47 Å². The number of nitrogens with zero attached hydrogens (tertiary/aromatic N) is 1. The van der Waals surface area contributed by atoms with Crippen molar-refractivity contribution in [3.05, 3.63) is 18.3 Å². The van der Waals surface area contributed by atoms with Gasteiger partial charge in [-0.25, -0.2) is 4.98 Å². The molecule has 1 aromatic rings. The number of hydrogen-bond donors (Lipinski definition) is 1. The van der Waals surface area contributed by atoms with E-state index in [1.54, 1.807) is 13.3 Å². The number of methoxy groups -OCH3 is 1. The molecule has 0 aliphatic carbocycles. The van der Waals surface area contributed by atoms with Crippen LogP contribution in [0.4, 0.5) is 0 Å². The Kier molecular flexibility index (Phi) is 3.40. The lowest BCUT2D eigenvalue weighted by molar-refractivity contribution is 0.155. The van der Waals surface area contributed by atoms with E-state index in [4.69, 9.17) is 9.47 Å². The number of hydrogen-bond acceptors (Lipinski definition) is 4. The van der Waals surface area contributed by atoms with Crippen molar-refractivity contribution in [2.75, 3.05) is 20.2 Å². The van der Waals surface area contributed by atoms with E-state index in [-0.39, 0.29) is 6.10 Å². The molecule has 4 nitrogen and oxygen atoms in total. The van der Waals surface area contributed by atoms with E-state index >= 15 is 0 Å². The molecule has 0 spiro atoms. The van der Waals surface area contributed by atoms with E-state index in [9.17, 15) is 0 Å². The maximum Gasteiger partial charge on any atom is 0.256 e. The van der Waals surface area contributed by atoms with Gasteiger partial charge in [0.2, 0.25) is 0 Å². The second-order valence-corrected chi connectivity index (χ2v) is 3.58. The molecular formula is C11H16N2O2. The van der Waals surface area contributed by atoms with Gasteiger partial charge >= 0.3 is 0 Å². The van der Waals surface area contributed by atoms with Crippen LogP contribution in [0.25, 0.3) is 0 Å². The van der Waals surface area contributed by atoms with E-state index in [1.807, 2.05) is 12.1 Å². The molecule has 1 fully saturated rings. The summed E-state index contributed by atoms with van der Waals surface area (Å²) in [6.45, 7) is 2.04. The summed E-state index contributed by atoms with van der Waals surface area (Å²) in [6, 6.07) is 3.76. The third kappa shape index (κ3) is 2.59. The Bertz CT molecular complexity index is 311. The molecular weight excluding hydrogens is 192 g/mol. The number of piperidine rings is 1. The van der Waals surface area contributed by atoms with Crippen molar-refractivity contribution in [1.82, 2.24) is 10.3 Å². The van der Waals surface area contributed by atoms with Crippen molar-refractivity contribution >= 4 is 0 Å². The lowest BCUT2D eigenvalue weighted by atomic mass is 10.1. The van der Waals surface area contributed by atoms with Crippen LogP contribution in [-0.4, -0.2) is 31.3 Å². The molecule has 1 aromatic heterocycles. The van der Waals surface area contributed by atoms with Crippen LogP contribution < -0.4 is 14.8 Å². The predicted octanol–water partition coefficient (Wildman–Crippen LogP) is 1.22. The van der Waals surface area contributed by atoms with Crippen LogP contribution in [0.2, 0.25) is 0 Å². The van der Waals surface area contributed by atoms with Crippen LogP contribution in [0.15, 0.2) is 18.3 Å². The number of nitrogens with one attached hydrogen (secondary N) is 1. The third-order valence-corrected chi connectivity index (χ3v) is 2.51. The van der Waals surface area contributed by atoms with E-state index in [0.717, 1.165) is 31.7 Å². The maximum atomic E-state index is 5.85. The molecule has 82 valence electrons. The average Bonchev–Trinajstić information content (AvgIpc) is 2.31. The highest BCUT2D eigenvalue weighted by molar-refractivity contribution is 5.32. The molecule has 1 aliphatic rings. The summed E-state index contributed by atoms with van der Waals surface area (Å²) in [7, 11) is 1.61. The molecule has 0 radical (unpaired) electrons. The average molecular weight is 208 g/mol. The van der Waals surface area contributed by atoms with Gasteiger partial charge in [-0.3, -0.25) is 0 Å². The zero-order chi connectivity index (χ0) is 10.5. The summed E-state index contributed by atoms with van der Waals surface area (Å²) in [5.74, 6) is 1.31. The first-order valence-corrected chi connectivity index (χ1v) is 5.26. The van der Waals surface area contributed by atoms with E-state index in [2.05, 4.69) is 10.3 Å². The van der Waals surface area contributed by atoms with Crippen LogP contribution >= 0.6 is 0 Å². The first-order chi connectivity index (χ1) is 7.40. The minimum absolute atomic E-state index is 0.282. The van der Waals surface area contributed by atoms with Crippen molar-refractivity contribution in [2.45, 2.75) is 18.9 Å². The Balaban J connectivity index is 2.02. The molecule has 0 aromatic carbocycles. The first-order valence-electron chi connectivity index (χ1n) is 5.26. The number of aromatic nitrogens is 1. The van der Waals surface area contributed by atoms with Crippen LogP contribution in [0.3, 0.4) is 0 Å². The fraction of sp³-hybridized carbons (Fsp3) is 0.545. The Morgan fingerprint density at radius 2 is 2.20 bits per heavy atom. The molecule has 0 amide bonds. The van der Waals surface area contributed by atoms with Crippen LogP contribution in [0.1, 0.15) is 12.8 Å². The van der Waals surface area contributed by atoms with Crippen LogP contribution in [-0.2, 0) is 0 Å². The number of ether oxygens (including phenoxy) is 2. The van der Waals surface area contributed by atoms with Gasteiger partial charge in [0, 0.05) is 6.20 Å². The fourth-order valence-corrected chi connectivity index (χ4v) is 1.71. The molecule has 4 heteroatoms. The molecule has 2 rings (SSSR count). The van der Waals surface area contributed by atoms with Gasteiger partial charge in [0.15, 0.2) is 5.75 Å². The second kappa shape index (κ2) is 4.98. The van der Waals surface area contributed by atoms with Crippen LogP contribution in [0, 0.1) is 0 Å². The largest absolute Gasteiger partial charge is 0.485 e. The summed E-state index contributed by atoms with van der Waals surface area (Å²) in [5.41, 5.74) is 0. The maximum absolute atomic E-state index is 5.85. The Morgan fingerprint density at radius 3 is 2.93 bits per heavy atom. The van der Waals surface area contributed by atoms with Gasteiger partial charge in [-0.05, 0) is 38.1 Å². The summed E-state index contributed by atoms with van der Waals surface area (Å²) in [5, 5.41) is 3.30. The lowest BCUT2D eigenvalue weighted by Crippen LogP contribution is -2.34. The molecule has 1 N–H and O–H groups in total. The minimum atomic E-state index is 0.282. The molecule has 1 aliphatic heterocycles. The van der Waals surface area contributed by atoms with Crippen molar-refractivity contribution in [3.8, 4) is 11.6 Å². The van der Waals surface area contributed by atoms with E-state index < -0.39 is 0 Å². The molecule has 0 bridgehead atoms. The van der Waals surface area contributed by atoms with Gasteiger partial charge in [0.1, 0.15) is 6.10 Å². The number of pyridine rings is 1. The van der Waals surface area contributed by atoms with Gasteiger partial charge in [-0.15, -0.1) is 0 Å². The van der Waals surface area contributed by atoms with Gasteiger partial charge in [0.05, 0.1) is 7.11 Å². The lowest BCUT2D eigenvalue weighted by Gasteiger charge is -2.24. The molecule has 15 heavy (non-hydrogen) atoms. The topological polar surface area (TPSA) is 43.4 Å². The highest BCUT2D eigenvalue weighted by Crippen LogP contribution is 2.25. The molecule has 1 saturated heterocycles. The fourth-order valence-electron chi connectivity index (χ4n) is 1.71. The third-order valence-electron chi connectivity index (χ3n) is 2.51. The van der Waals surface area contributed by atoms with Gasteiger partial charge < -0.3 is 14.8 Å². The number of rotatable bonds is 3. The van der Waals surface area contributed by atoms with E-state index in [1.165, 1.54) is 0 Å². The van der Waals surface area contributed by atoms with E-state index in [0.29, 0.717) is 5.88 Å². The van der Waals surface area contributed by atoms with Gasteiger partial charge in [-0.2, -0.15) is 0 Å². The highest BCUT2D eigenvalue weighted by Gasteiger charge is 2.16. The van der Waals surface area contributed by atoms with Crippen molar-refractivity contribution in [2.24, 2.45) is 0 Å². The SMILES string of the molecule is COc1ncccc1OC1CCNCC1. The summed E-state index contributed by atoms with van der Waals surface area (Å²) < 4.78 is 11.0. The Hall–Kier alpha value is -1.29. The summed E-state index contributed by atoms with van der Waals surface area (Å²) in [6.07, 6.45) is 4.06. The first kappa shape index (κ1) is 10.2. The quantitative estimate of drug-likeness (QED) is 0.811. The smallest absolute Gasteiger partial charge is 0.256 e. The molecule has 0 unspecified atom stereocenters. The summed E-state index contributed by atoms with van der Waals surface area (Å²) >= 11 is 0. The second-order valence-electron chi connectivity index (χ2n) is 3.58. The van der Waals surface area contributed by atoms with Crippen LogP contribution in [0.5, 0.6) is 11.6 Å². The monoisotopic (exact) mass is 208 g/mol. The predicted molar refractivity (Wildman–Crippen MR) is 57.3 cm³/mol. The summed E-state index contributed by atoms with van der Waals surface area (Å²) in [4.78, 5) is 4.10. The Labute approximate surface area is 89.6 Å². The molecule has 0 saturated carbocycles. The zero-order valence-electron chi connectivity index (χ0n) is 8.90. The van der Waals surface area contributed by atoms with Gasteiger partial charge in [-0.1, -0.05) is 0 Å².